The summed E-state index contributed by atoms with van der Waals surface area (Å²) in [6.45, 7) is 1.50. The smallest absolute Gasteiger partial charge is 0.384 e. The second kappa shape index (κ2) is 4.95. The van der Waals surface area contributed by atoms with Crippen molar-refractivity contribution >= 4 is 17.6 Å². The van der Waals surface area contributed by atoms with Crippen molar-refractivity contribution in [3.8, 4) is 5.69 Å². The van der Waals surface area contributed by atoms with Crippen LogP contribution in [0.15, 0.2) is 29.1 Å². The molecule has 0 saturated carbocycles. The minimum absolute atomic E-state index is 0.109. The number of alkyl halides is 3. The summed E-state index contributed by atoms with van der Waals surface area (Å²) in [5, 5.41) is 1.99. The summed E-state index contributed by atoms with van der Waals surface area (Å²) in [6, 6.07) is 3.73. The van der Waals surface area contributed by atoms with Crippen molar-refractivity contribution in [2.45, 2.75) is 13.1 Å². The van der Waals surface area contributed by atoms with E-state index in [2.05, 4.69) is 0 Å². The molecule has 0 spiro atoms. The first-order valence-corrected chi connectivity index (χ1v) is 6.70. The number of aryl methyl sites for hydroxylation is 1. The van der Waals surface area contributed by atoms with Crippen molar-refractivity contribution < 1.29 is 22.8 Å². The molecule has 1 aliphatic rings. The van der Waals surface area contributed by atoms with Crippen LogP contribution >= 0.6 is 0 Å². The number of aromatic nitrogens is 1. The molecule has 124 valence electrons. The Balaban J connectivity index is 2.33. The Kier molecular flexibility index (Phi) is 3.25. The molecular formula is C15H10F3N3O3. The molecule has 1 aromatic heterocycles. The predicted molar refractivity (Wildman–Crippen MR) is 78.0 cm³/mol. The minimum Gasteiger partial charge on any atom is -0.384 e. The number of imide groups is 1. The molecular weight excluding hydrogens is 327 g/mol. The predicted octanol–water partition coefficient (Wildman–Crippen LogP) is 1.63. The van der Waals surface area contributed by atoms with Gasteiger partial charge in [-0.15, -0.1) is 0 Å². The summed E-state index contributed by atoms with van der Waals surface area (Å²) in [4.78, 5) is 35.7. The Morgan fingerprint density at radius 2 is 1.75 bits per heavy atom. The van der Waals surface area contributed by atoms with Crippen LogP contribution in [0.25, 0.3) is 5.69 Å². The molecule has 1 aliphatic heterocycles. The van der Waals surface area contributed by atoms with Gasteiger partial charge >= 0.3 is 6.18 Å². The van der Waals surface area contributed by atoms with Gasteiger partial charge in [0.15, 0.2) is 0 Å². The quantitative estimate of drug-likeness (QED) is 0.774. The van der Waals surface area contributed by atoms with Crippen molar-refractivity contribution in [2.75, 3.05) is 5.73 Å². The topological polar surface area (TPSA) is 94.2 Å². The zero-order chi connectivity index (χ0) is 17.8. The van der Waals surface area contributed by atoms with E-state index in [9.17, 15) is 27.6 Å². The van der Waals surface area contributed by atoms with E-state index in [0.717, 1.165) is 22.8 Å². The Morgan fingerprint density at radius 1 is 1.08 bits per heavy atom. The zero-order valence-electron chi connectivity index (χ0n) is 12.2. The Labute approximate surface area is 132 Å². The average molecular weight is 337 g/mol. The van der Waals surface area contributed by atoms with E-state index >= 15 is 0 Å². The molecule has 1 aromatic carbocycles. The van der Waals surface area contributed by atoms with Crippen LogP contribution in [0.5, 0.6) is 0 Å². The van der Waals surface area contributed by atoms with E-state index in [1.165, 1.54) is 13.0 Å². The summed E-state index contributed by atoms with van der Waals surface area (Å²) < 4.78 is 39.6. The summed E-state index contributed by atoms with van der Waals surface area (Å²) in [7, 11) is 0. The molecule has 2 aromatic rings. The number of benzene rings is 1. The van der Waals surface area contributed by atoms with Crippen LogP contribution in [0.2, 0.25) is 0 Å². The van der Waals surface area contributed by atoms with Gasteiger partial charge in [0.05, 0.1) is 22.4 Å². The molecule has 6 nitrogen and oxygen atoms in total. The van der Waals surface area contributed by atoms with Crippen LogP contribution in [0.1, 0.15) is 31.8 Å². The van der Waals surface area contributed by atoms with E-state index < -0.39 is 29.1 Å². The number of carbonyl (C=O) groups excluding carboxylic acids is 2. The number of nitrogens with zero attached hydrogens (tertiary/aromatic N) is 1. The third kappa shape index (κ3) is 2.25. The summed E-state index contributed by atoms with van der Waals surface area (Å²) >= 11 is 0. The largest absolute Gasteiger partial charge is 0.416 e. The van der Waals surface area contributed by atoms with Crippen LogP contribution in [0, 0.1) is 6.92 Å². The number of carbonyl (C=O) groups is 2. The molecule has 0 unspecified atom stereocenters. The minimum atomic E-state index is -4.61. The molecule has 2 amide bonds. The van der Waals surface area contributed by atoms with Crippen LogP contribution in [-0.2, 0) is 6.18 Å². The molecule has 0 aliphatic carbocycles. The number of nitrogens with one attached hydrogen (secondary N) is 1. The number of halogens is 3. The number of fused-ring (bicyclic) bond motifs is 1. The van der Waals surface area contributed by atoms with E-state index in [-0.39, 0.29) is 22.6 Å². The lowest BCUT2D eigenvalue weighted by atomic mass is 10.1. The summed E-state index contributed by atoms with van der Waals surface area (Å²) in [5.74, 6) is -1.96. The number of amides is 2. The van der Waals surface area contributed by atoms with Gasteiger partial charge in [0, 0.05) is 6.07 Å². The van der Waals surface area contributed by atoms with Crippen LogP contribution in [-0.4, -0.2) is 16.4 Å². The Morgan fingerprint density at radius 3 is 2.38 bits per heavy atom. The number of nitrogens with two attached hydrogens (primary N) is 1. The highest BCUT2D eigenvalue weighted by molar-refractivity contribution is 6.23. The standard InChI is InChI=1S/C15H10F3N3O3/c1-6-2-3-7(15(16,17)18)4-9(6)21-10(22)5-8-11(12(21)19)14(24)20-13(8)23/h2-5H,19H2,1H3,(H,20,23,24). The number of rotatable bonds is 1. The van der Waals surface area contributed by atoms with E-state index in [4.69, 9.17) is 5.73 Å². The maximum Gasteiger partial charge on any atom is 0.416 e. The molecule has 0 bridgehead atoms. The van der Waals surface area contributed by atoms with Gasteiger partial charge in [-0.3, -0.25) is 24.3 Å². The van der Waals surface area contributed by atoms with E-state index in [1.807, 2.05) is 5.32 Å². The summed E-state index contributed by atoms with van der Waals surface area (Å²) in [6.07, 6.45) is -4.61. The van der Waals surface area contributed by atoms with Gasteiger partial charge in [0.2, 0.25) is 0 Å². The highest BCUT2D eigenvalue weighted by atomic mass is 19.4. The van der Waals surface area contributed by atoms with Gasteiger partial charge in [0.25, 0.3) is 17.4 Å². The second-order valence-corrected chi connectivity index (χ2v) is 5.27. The molecule has 24 heavy (non-hydrogen) atoms. The lowest BCUT2D eigenvalue weighted by molar-refractivity contribution is -0.137. The SMILES string of the molecule is Cc1ccc(C(F)(F)F)cc1-n1c(N)c2c(cc1=O)C(=O)NC2=O. The van der Waals surface area contributed by atoms with Crippen molar-refractivity contribution in [1.82, 2.24) is 9.88 Å². The van der Waals surface area contributed by atoms with Crippen LogP contribution < -0.4 is 16.6 Å². The lowest BCUT2D eigenvalue weighted by Gasteiger charge is -2.16. The lowest BCUT2D eigenvalue weighted by Crippen LogP contribution is -2.25. The molecule has 3 rings (SSSR count). The highest BCUT2D eigenvalue weighted by Gasteiger charge is 2.34. The van der Waals surface area contributed by atoms with Gasteiger partial charge in [-0.1, -0.05) is 6.07 Å². The van der Waals surface area contributed by atoms with Crippen molar-refractivity contribution in [2.24, 2.45) is 0 Å². The van der Waals surface area contributed by atoms with Gasteiger partial charge in [-0.25, -0.2) is 0 Å². The Bertz CT molecular complexity index is 961. The highest BCUT2D eigenvalue weighted by Crippen LogP contribution is 2.32. The third-order valence-corrected chi connectivity index (χ3v) is 3.73. The van der Waals surface area contributed by atoms with Gasteiger partial charge in [0.1, 0.15) is 5.82 Å². The third-order valence-electron chi connectivity index (χ3n) is 3.73. The number of nitrogen functional groups attached to an aromatic ring is 1. The van der Waals surface area contributed by atoms with Gasteiger partial charge < -0.3 is 5.73 Å². The molecule has 9 heteroatoms. The maximum atomic E-state index is 12.9. The van der Waals surface area contributed by atoms with E-state index in [0.29, 0.717) is 5.56 Å². The molecule has 0 atom stereocenters. The number of hydrogen-bond donors (Lipinski definition) is 2. The van der Waals surface area contributed by atoms with E-state index in [1.54, 1.807) is 0 Å². The fourth-order valence-electron chi connectivity index (χ4n) is 2.55. The fourth-order valence-corrected chi connectivity index (χ4v) is 2.55. The normalized spacial score (nSPS) is 13.8. The van der Waals surface area contributed by atoms with Gasteiger partial charge in [-0.05, 0) is 24.6 Å². The second-order valence-electron chi connectivity index (χ2n) is 5.27. The van der Waals surface area contributed by atoms with Crippen LogP contribution in [0.3, 0.4) is 0 Å². The average Bonchev–Trinajstić information content (AvgIpc) is 2.74. The maximum absolute atomic E-state index is 12.9. The number of pyridine rings is 1. The van der Waals surface area contributed by atoms with Crippen molar-refractivity contribution in [3.63, 3.8) is 0 Å². The van der Waals surface area contributed by atoms with Crippen LogP contribution in [0.4, 0.5) is 19.0 Å². The zero-order valence-corrected chi connectivity index (χ0v) is 12.2. The monoisotopic (exact) mass is 337 g/mol. The van der Waals surface area contributed by atoms with Crippen molar-refractivity contribution in [1.29, 1.82) is 0 Å². The molecule has 0 saturated heterocycles. The van der Waals surface area contributed by atoms with Crippen molar-refractivity contribution in [3.05, 3.63) is 56.9 Å². The summed E-state index contributed by atoms with van der Waals surface area (Å²) in [5.41, 5.74) is 3.87. The first-order chi connectivity index (χ1) is 11.1. The number of hydrogen-bond acceptors (Lipinski definition) is 4. The number of anilines is 1. The first kappa shape index (κ1) is 15.8. The van der Waals surface area contributed by atoms with Gasteiger partial charge in [-0.2, -0.15) is 13.2 Å². The molecule has 0 radical (unpaired) electrons. The molecule has 3 N–H and O–H groups in total. The molecule has 0 fully saturated rings. The molecule has 2 heterocycles. The first-order valence-electron chi connectivity index (χ1n) is 6.70. The fraction of sp³-hybridized carbons (Fsp3) is 0.133. The Hall–Kier alpha value is -3.10.